The highest BCUT2D eigenvalue weighted by molar-refractivity contribution is 7.12. The Morgan fingerprint density at radius 2 is 1.72 bits per heavy atom. The third-order valence-corrected chi connectivity index (χ3v) is 5.87. The molecule has 144 valence electrons. The highest BCUT2D eigenvalue weighted by Gasteiger charge is 2.11. The Bertz CT molecular complexity index is 456. The number of hydrogen-bond donors (Lipinski definition) is 1. The standard InChI is InChI=1S/C21H36O3S/c1-3-4-5-6-7-8-9-10-13-18-16-17-20(25-18)19(22)14-11-12-15-21(23)24-2/h16-17,19,22H,3-15H2,1-2H3. The fraction of sp³-hybridized carbons (Fsp3) is 0.762. The Balaban J connectivity index is 2.11. The first kappa shape index (κ1) is 22.2. The van der Waals surface area contributed by atoms with Crippen molar-refractivity contribution in [2.45, 2.75) is 96.5 Å². The zero-order chi connectivity index (χ0) is 18.3. The molecule has 0 spiro atoms. The molecule has 1 rings (SSSR count). The maximum absolute atomic E-state index is 11.1. The van der Waals surface area contributed by atoms with Crippen LogP contribution in [0.4, 0.5) is 0 Å². The summed E-state index contributed by atoms with van der Waals surface area (Å²) in [6, 6.07) is 4.23. The van der Waals surface area contributed by atoms with E-state index in [0.717, 1.165) is 24.1 Å². The number of esters is 1. The molecular formula is C21H36O3S. The number of carbonyl (C=O) groups is 1. The summed E-state index contributed by atoms with van der Waals surface area (Å²) in [4.78, 5) is 13.5. The fourth-order valence-corrected chi connectivity index (χ4v) is 4.07. The number of aliphatic hydroxyl groups excluding tert-OH is 1. The van der Waals surface area contributed by atoms with Gasteiger partial charge in [0, 0.05) is 16.2 Å². The summed E-state index contributed by atoms with van der Waals surface area (Å²) >= 11 is 1.74. The van der Waals surface area contributed by atoms with Gasteiger partial charge in [-0.25, -0.2) is 0 Å². The number of hydrogen-bond acceptors (Lipinski definition) is 4. The number of thiophene rings is 1. The minimum atomic E-state index is -0.394. The lowest BCUT2D eigenvalue weighted by Gasteiger charge is -2.07. The summed E-state index contributed by atoms with van der Waals surface area (Å²) < 4.78 is 4.62. The number of aliphatic hydroxyl groups is 1. The van der Waals surface area contributed by atoms with Gasteiger partial charge in [0.25, 0.3) is 0 Å². The van der Waals surface area contributed by atoms with Crippen LogP contribution in [0.3, 0.4) is 0 Å². The summed E-state index contributed by atoms with van der Waals surface area (Å²) in [5, 5.41) is 10.3. The van der Waals surface area contributed by atoms with Gasteiger partial charge in [0.1, 0.15) is 0 Å². The number of carbonyl (C=O) groups excluding carboxylic acids is 1. The Hall–Kier alpha value is -0.870. The molecule has 1 aromatic heterocycles. The second-order valence-electron chi connectivity index (χ2n) is 6.87. The van der Waals surface area contributed by atoms with Gasteiger partial charge in [-0.15, -0.1) is 11.3 Å². The van der Waals surface area contributed by atoms with Gasteiger partial charge < -0.3 is 9.84 Å². The van der Waals surface area contributed by atoms with Crippen LogP contribution in [-0.2, 0) is 16.0 Å². The quantitative estimate of drug-likeness (QED) is 0.296. The van der Waals surface area contributed by atoms with Gasteiger partial charge in [-0.2, -0.15) is 0 Å². The van der Waals surface area contributed by atoms with E-state index < -0.39 is 6.10 Å². The summed E-state index contributed by atoms with van der Waals surface area (Å²) in [6.45, 7) is 2.26. The minimum absolute atomic E-state index is 0.168. The van der Waals surface area contributed by atoms with Crippen LogP contribution in [0.5, 0.6) is 0 Å². The smallest absolute Gasteiger partial charge is 0.305 e. The van der Waals surface area contributed by atoms with E-state index in [2.05, 4.69) is 23.8 Å². The van der Waals surface area contributed by atoms with E-state index in [9.17, 15) is 9.90 Å². The van der Waals surface area contributed by atoms with E-state index >= 15 is 0 Å². The van der Waals surface area contributed by atoms with Crippen molar-refractivity contribution in [2.24, 2.45) is 0 Å². The molecule has 0 radical (unpaired) electrons. The molecule has 1 N–H and O–H groups in total. The van der Waals surface area contributed by atoms with Crippen LogP contribution in [0, 0.1) is 0 Å². The summed E-state index contributed by atoms with van der Waals surface area (Å²) in [5.41, 5.74) is 0. The topological polar surface area (TPSA) is 46.5 Å². The first-order chi connectivity index (χ1) is 12.2. The zero-order valence-corrected chi connectivity index (χ0v) is 16.9. The molecule has 0 amide bonds. The second-order valence-corrected chi connectivity index (χ2v) is 8.07. The van der Waals surface area contributed by atoms with Crippen molar-refractivity contribution in [3.05, 3.63) is 21.9 Å². The van der Waals surface area contributed by atoms with Crippen LogP contribution in [0.25, 0.3) is 0 Å². The van der Waals surface area contributed by atoms with Gasteiger partial charge in [0.2, 0.25) is 0 Å². The third kappa shape index (κ3) is 10.7. The summed E-state index contributed by atoms with van der Waals surface area (Å²) in [6.07, 6.45) is 14.3. The fourth-order valence-electron chi connectivity index (χ4n) is 2.99. The van der Waals surface area contributed by atoms with E-state index in [1.54, 1.807) is 11.3 Å². The monoisotopic (exact) mass is 368 g/mol. The second kappa shape index (κ2) is 14.3. The minimum Gasteiger partial charge on any atom is -0.469 e. The zero-order valence-electron chi connectivity index (χ0n) is 16.1. The van der Waals surface area contributed by atoms with Crippen LogP contribution < -0.4 is 0 Å². The number of unbranched alkanes of at least 4 members (excludes halogenated alkanes) is 8. The Morgan fingerprint density at radius 1 is 1.04 bits per heavy atom. The van der Waals surface area contributed by atoms with Gasteiger partial charge >= 0.3 is 5.97 Å². The average molecular weight is 369 g/mol. The maximum atomic E-state index is 11.1. The first-order valence-corrected chi connectivity index (χ1v) is 10.8. The molecule has 0 saturated heterocycles. The predicted molar refractivity (Wildman–Crippen MR) is 106 cm³/mol. The molecule has 0 aromatic carbocycles. The Kier molecular flexibility index (Phi) is 12.7. The first-order valence-electron chi connectivity index (χ1n) is 10.0. The van der Waals surface area contributed by atoms with Crippen LogP contribution in [0.15, 0.2) is 12.1 Å². The lowest BCUT2D eigenvalue weighted by atomic mass is 10.1. The van der Waals surface area contributed by atoms with Gasteiger partial charge in [0.05, 0.1) is 13.2 Å². The predicted octanol–water partition coefficient (Wildman–Crippen LogP) is 6.20. The molecule has 1 heterocycles. The van der Waals surface area contributed by atoms with Crippen molar-refractivity contribution in [2.75, 3.05) is 7.11 Å². The molecule has 0 aliphatic carbocycles. The van der Waals surface area contributed by atoms with Crippen LogP contribution in [-0.4, -0.2) is 18.2 Å². The highest BCUT2D eigenvalue weighted by Crippen LogP contribution is 2.28. The van der Waals surface area contributed by atoms with Crippen LogP contribution >= 0.6 is 11.3 Å². The van der Waals surface area contributed by atoms with Crippen molar-refractivity contribution < 1.29 is 14.6 Å². The molecule has 25 heavy (non-hydrogen) atoms. The van der Waals surface area contributed by atoms with Crippen molar-refractivity contribution in [1.82, 2.24) is 0 Å². The average Bonchev–Trinajstić information content (AvgIpc) is 3.09. The van der Waals surface area contributed by atoms with E-state index in [-0.39, 0.29) is 5.97 Å². The molecule has 0 bridgehead atoms. The normalized spacial score (nSPS) is 12.3. The molecule has 4 heteroatoms. The number of rotatable bonds is 15. The van der Waals surface area contributed by atoms with E-state index in [0.29, 0.717) is 12.8 Å². The van der Waals surface area contributed by atoms with Crippen LogP contribution in [0.1, 0.15) is 99.8 Å². The molecule has 0 aliphatic heterocycles. The molecule has 1 unspecified atom stereocenters. The van der Waals surface area contributed by atoms with Gasteiger partial charge in [-0.1, -0.05) is 51.9 Å². The Morgan fingerprint density at radius 3 is 2.40 bits per heavy atom. The lowest BCUT2D eigenvalue weighted by Crippen LogP contribution is -2.00. The molecule has 0 saturated carbocycles. The van der Waals surface area contributed by atoms with Gasteiger partial charge in [0.15, 0.2) is 0 Å². The summed E-state index contributed by atoms with van der Waals surface area (Å²) in [5.74, 6) is -0.168. The van der Waals surface area contributed by atoms with E-state index in [1.807, 2.05) is 0 Å². The molecule has 0 fully saturated rings. The van der Waals surface area contributed by atoms with Gasteiger partial charge in [-0.3, -0.25) is 4.79 Å². The molecule has 3 nitrogen and oxygen atoms in total. The van der Waals surface area contributed by atoms with Crippen molar-refractivity contribution in [3.8, 4) is 0 Å². The van der Waals surface area contributed by atoms with Crippen molar-refractivity contribution in [1.29, 1.82) is 0 Å². The highest BCUT2D eigenvalue weighted by atomic mass is 32.1. The lowest BCUT2D eigenvalue weighted by molar-refractivity contribution is -0.140. The number of aryl methyl sites for hydroxylation is 1. The number of ether oxygens (including phenoxy) is 1. The number of methoxy groups -OCH3 is 1. The molecular weight excluding hydrogens is 332 g/mol. The van der Waals surface area contributed by atoms with Crippen molar-refractivity contribution >= 4 is 17.3 Å². The van der Waals surface area contributed by atoms with E-state index in [4.69, 9.17) is 0 Å². The third-order valence-electron chi connectivity index (χ3n) is 4.62. The maximum Gasteiger partial charge on any atom is 0.305 e. The summed E-state index contributed by atoms with van der Waals surface area (Å²) in [7, 11) is 1.41. The molecule has 0 aliphatic rings. The van der Waals surface area contributed by atoms with Crippen LogP contribution in [0.2, 0.25) is 0 Å². The van der Waals surface area contributed by atoms with E-state index in [1.165, 1.54) is 63.4 Å². The molecule has 1 atom stereocenters. The molecule has 1 aromatic rings. The van der Waals surface area contributed by atoms with Gasteiger partial charge in [-0.05, 0) is 44.2 Å². The SMILES string of the molecule is CCCCCCCCCCc1ccc(C(O)CCCCC(=O)OC)s1. The largest absolute Gasteiger partial charge is 0.469 e. The Labute approximate surface area is 157 Å². The van der Waals surface area contributed by atoms with Crippen molar-refractivity contribution in [3.63, 3.8) is 0 Å².